The van der Waals surface area contributed by atoms with Crippen molar-refractivity contribution in [3.05, 3.63) is 46.7 Å². The van der Waals surface area contributed by atoms with Crippen molar-refractivity contribution in [1.82, 2.24) is 0 Å². The van der Waals surface area contributed by atoms with Gasteiger partial charge < -0.3 is 4.42 Å². The highest BCUT2D eigenvalue weighted by Gasteiger charge is 2.14. The second-order valence-electron chi connectivity index (χ2n) is 4.86. The summed E-state index contributed by atoms with van der Waals surface area (Å²) in [6.45, 7) is 1.97. The predicted octanol–water partition coefficient (Wildman–Crippen LogP) is 3.24. The molecule has 0 aliphatic carbocycles. The fraction of sp³-hybridized carbons (Fsp3) is 0.133. The Morgan fingerprint density at radius 1 is 1.30 bits per heavy atom. The highest BCUT2D eigenvalue weighted by molar-refractivity contribution is 7.93. The van der Waals surface area contributed by atoms with Crippen LogP contribution in [-0.2, 0) is 9.84 Å². The van der Waals surface area contributed by atoms with Gasteiger partial charge in [0.15, 0.2) is 9.84 Å². The summed E-state index contributed by atoms with van der Waals surface area (Å²) in [6, 6.07) is 3.78. The molecular weight excluding hydrogens is 274 g/mol. The van der Waals surface area contributed by atoms with Gasteiger partial charge in [-0.3, -0.25) is 4.99 Å². The molecule has 4 nitrogen and oxygen atoms in total. The van der Waals surface area contributed by atoms with Crippen molar-refractivity contribution in [3.8, 4) is 0 Å². The van der Waals surface area contributed by atoms with E-state index in [2.05, 4.69) is 4.99 Å². The highest BCUT2D eigenvalue weighted by Crippen LogP contribution is 2.32. The number of hydrogen-bond acceptors (Lipinski definition) is 4. The summed E-state index contributed by atoms with van der Waals surface area (Å²) in [4.78, 5) is 4.22. The molecule has 5 heteroatoms. The molecule has 1 aromatic carbocycles. The molecule has 0 bridgehead atoms. The fourth-order valence-corrected chi connectivity index (χ4v) is 2.62. The van der Waals surface area contributed by atoms with Gasteiger partial charge >= 0.3 is 0 Å². The maximum atomic E-state index is 11.2. The van der Waals surface area contributed by atoms with Crippen LogP contribution in [0.5, 0.6) is 0 Å². The smallest absolute Gasteiger partial charge is 0.168 e. The number of benzene rings is 1. The molecule has 0 N–H and O–H groups in total. The summed E-state index contributed by atoms with van der Waals surface area (Å²) >= 11 is 0. The van der Waals surface area contributed by atoms with E-state index in [1.54, 1.807) is 24.8 Å². The van der Waals surface area contributed by atoms with Gasteiger partial charge in [-0.1, -0.05) is 0 Å². The number of sulfone groups is 1. The summed E-state index contributed by atoms with van der Waals surface area (Å²) in [5, 5.41) is 2.20. The summed E-state index contributed by atoms with van der Waals surface area (Å²) in [6.07, 6.45) is 7.96. The first-order valence-corrected chi connectivity index (χ1v) is 8.03. The van der Waals surface area contributed by atoms with Crippen molar-refractivity contribution in [2.75, 3.05) is 6.26 Å². The third kappa shape index (κ3) is 2.32. The Hall–Kier alpha value is -2.14. The molecule has 0 fully saturated rings. The summed E-state index contributed by atoms with van der Waals surface area (Å²) in [7, 11) is -3.15. The van der Waals surface area contributed by atoms with Gasteiger partial charge in [0.05, 0.1) is 0 Å². The zero-order valence-corrected chi connectivity index (χ0v) is 11.9. The summed E-state index contributed by atoms with van der Waals surface area (Å²) < 4.78 is 28.0. The molecule has 1 aromatic heterocycles. The molecule has 1 aliphatic heterocycles. The molecule has 102 valence electrons. The number of nitrogens with zero attached hydrogens (tertiary/aromatic N) is 1. The maximum Gasteiger partial charge on any atom is 0.168 e. The lowest BCUT2D eigenvalue weighted by molar-refractivity contribution is 0.610. The molecule has 0 spiro atoms. The molecule has 0 saturated heterocycles. The number of furan rings is 1. The first kappa shape index (κ1) is 12.9. The second-order valence-corrected chi connectivity index (χ2v) is 6.79. The quantitative estimate of drug-likeness (QED) is 0.852. The van der Waals surface area contributed by atoms with E-state index in [0.29, 0.717) is 0 Å². The number of hydrogen-bond donors (Lipinski definition) is 0. The largest absolute Gasteiger partial charge is 0.464 e. The second kappa shape index (κ2) is 4.45. The van der Waals surface area contributed by atoms with Crippen LogP contribution >= 0.6 is 0 Å². The van der Waals surface area contributed by atoms with Crippen LogP contribution in [0, 0.1) is 0 Å². The topological polar surface area (TPSA) is 59.6 Å². The van der Waals surface area contributed by atoms with Crippen LogP contribution in [0.1, 0.15) is 23.6 Å². The maximum absolute atomic E-state index is 11.2. The van der Waals surface area contributed by atoms with Gasteiger partial charge in [-0.25, -0.2) is 8.42 Å². The van der Waals surface area contributed by atoms with Crippen LogP contribution in [0.15, 0.2) is 39.4 Å². The average molecular weight is 287 g/mol. The Balaban J connectivity index is 2.24. The van der Waals surface area contributed by atoms with E-state index in [4.69, 9.17) is 4.42 Å². The van der Waals surface area contributed by atoms with Crippen molar-refractivity contribution in [2.45, 2.75) is 6.92 Å². The third-order valence-electron chi connectivity index (χ3n) is 3.14. The standard InChI is InChI=1S/C15H13NO3S/c1-10-7-16-8-12-9-19-14-6-11(3-4-20(2,17)18)5-13(10)15(12)14/h3-9H,1-2H3. The van der Waals surface area contributed by atoms with Crippen LogP contribution in [-0.4, -0.2) is 20.9 Å². The molecule has 0 radical (unpaired) electrons. The summed E-state index contributed by atoms with van der Waals surface area (Å²) in [5.74, 6) is 0. The van der Waals surface area contributed by atoms with Gasteiger partial charge in [0, 0.05) is 35.0 Å². The average Bonchev–Trinajstić information content (AvgIpc) is 2.70. The molecule has 1 aliphatic rings. The molecule has 20 heavy (non-hydrogen) atoms. The van der Waals surface area contributed by atoms with E-state index < -0.39 is 9.84 Å². The fourth-order valence-electron chi connectivity index (χ4n) is 2.22. The van der Waals surface area contributed by atoms with Crippen molar-refractivity contribution in [2.24, 2.45) is 4.99 Å². The normalized spacial score (nSPS) is 14.8. The van der Waals surface area contributed by atoms with Crippen LogP contribution in [0.4, 0.5) is 0 Å². The molecule has 0 unspecified atom stereocenters. The van der Waals surface area contributed by atoms with Crippen LogP contribution in [0.3, 0.4) is 0 Å². The van der Waals surface area contributed by atoms with Gasteiger partial charge in [-0.15, -0.1) is 0 Å². The molecule has 0 saturated carbocycles. The van der Waals surface area contributed by atoms with Crippen molar-refractivity contribution < 1.29 is 12.8 Å². The lowest BCUT2D eigenvalue weighted by Crippen LogP contribution is -1.89. The van der Waals surface area contributed by atoms with Gasteiger partial charge in [-0.05, 0) is 41.8 Å². The van der Waals surface area contributed by atoms with Crippen molar-refractivity contribution in [1.29, 1.82) is 0 Å². The van der Waals surface area contributed by atoms with Gasteiger partial charge in [0.2, 0.25) is 0 Å². The van der Waals surface area contributed by atoms with E-state index in [1.807, 2.05) is 19.1 Å². The first-order valence-electron chi connectivity index (χ1n) is 6.08. The van der Waals surface area contributed by atoms with E-state index in [9.17, 15) is 8.42 Å². The van der Waals surface area contributed by atoms with Gasteiger partial charge in [-0.2, -0.15) is 0 Å². The van der Waals surface area contributed by atoms with Crippen molar-refractivity contribution >= 4 is 38.7 Å². The lowest BCUT2D eigenvalue weighted by Gasteiger charge is -2.04. The Morgan fingerprint density at radius 3 is 2.85 bits per heavy atom. The minimum absolute atomic E-state index is 0.728. The van der Waals surface area contributed by atoms with Gasteiger partial charge in [0.1, 0.15) is 11.8 Å². The lowest BCUT2D eigenvalue weighted by atomic mass is 9.99. The van der Waals surface area contributed by atoms with Crippen LogP contribution < -0.4 is 0 Å². The van der Waals surface area contributed by atoms with Gasteiger partial charge in [0.25, 0.3) is 0 Å². The van der Waals surface area contributed by atoms with Crippen molar-refractivity contribution in [3.63, 3.8) is 0 Å². The van der Waals surface area contributed by atoms with E-state index in [-0.39, 0.29) is 0 Å². The molecule has 0 atom stereocenters. The van der Waals surface area contributed by atoms with E-state index >= 15 is 0 Å². The number of rotatable bonds is 2. The Labute approximate surface area is 117 Å². The Kier molecular flexibility index (Phi) is 2.87. The monoisotopic (exact) mass is 287 g/mol. The third-order valence-corrected chi connectivity index (χ3v) is 3.77. The minimum Gasteiger partial charge on any atom is -0.464 e. The van der Waals surface area contributed by atoms with Crippen LogP contribution in [0.2, 0.25) is 0 Å². The van der Waals surface area contributed by atoms with E-state index in [0.717, 1.165) is 33.2 Å². The molecular formula is C15H13NO3S. The molecule has 0 amide bonds. The Bertz CT molecular complexity index is 883. The zero-order chi connectivity index (χ0) is 14.3. The Morgan fingerprint density at radius 2 is 2.10 bits per heavy atom. The molecule has 2 aromatic rings. The minimum atomic E-state index is -3.15. The number of allylic oxidation sites excluding steroid dienone is 1. The predicted molar refractivity (Wildman–Crippen MR) is 81.3 cm³/mol. The number of aliphatic imine (C=N–C) groups is 1. The van der Waals surface area contributed by atoms with E-state index in [1.165, 1.54) is 11.7 Å². The first-order chi connectivity index (χ1) is 9.44. The van der Waals surface area contributed by atoms with Crippen LogP contribution in [0.25, 0.3) is 22.6 Å². The summed E-state index contributed by atoms with van der Waals surface area (Å²) in [5.41, 5.74) is 4.47. The molecule has 3 rings (SSSR count). The SMILES string of the molecule is CC1=CN=Cc2coc3cc(C=CS(C)(=O)=O)cc1c23. The molecule has 2 heterocycles. The zero-order valence-electron chi connectivity index (χ0n) is 11.1. The highest BCUT2D eigenvalue weighted by atomic mass is 32.2.